The highest BCUT2D eigenvalue weighted by Crippen LogP contribution is 2.33. The molecule has 0 bridgehead atoms. The molecular weight excluding hydrogens is 264 g/mol. The Balaban J connectivity index is 3.31. The molecular formula is C6H3Br2O2-. The van der Waals surface area contributed by atoms with Gasteiger partial charge in [-0.15, -0.1) is 0 Å². The fourth-order valence-electron chi connectivity index (χ4n) is 0.547. The van der Waals surface area contributed by atoms with Crippen molar-refractivity contribution < 1.29 is 10.2 Å². The van der Waals surface area contributed by atoms with E-state index in [1.54, 1.807) is 0 Å². The minimum Gasteiger partial charge on any atom is -0.871 e. The van der Waals surface area contributed by atoms with Crippen molar-refractivity contribution in [3.05, 3.63) is 21.1 Å². The van der Waals surface area contributed by atoms with Crippen LogP contribution in [0, 0.1) is 0 Å². The lowest BCUT2D eigenvalue weighted by atomic mass is 10.3. The number of halogens is 2. The zero-order valence-electron chi connectivity index (χ0n) is 4.77. The van der Waals surface area contributed by atoms with Crippen molar-refractivity contribution in [1.82, 2.24) is 0 Å². The van der Waals surface area contributed by atoms with Gasteiger partial charge in [-0.05, 0) is 12.1 Å². The highest BCUT2D eigenvalue weighted by molar-refractivity contribution is 9.11. The number of benzene rings is 1. The summed E-state index contributed by atoms with van der Waals surface area (Å²) in [7, 11) is 0. The quantitative estimate of drug-likeness (QED) is 0.781. The molecule has 0 aromatic heterocycles. The van der Waals surface area contributed by atoms with Crippen LogP contribution in [0.1, 0.15) is 0 Å². The molecule has 2 nitrogen and oxygen atoms in total. The number of phenolic OH excluding ortho intramolecular Hbond substituents is 1. The first kappa shape index (κ1) is 7.88. The van der Waals surface area contributed by atoms with E-state index in [1.165, 1.54) is 12.1 Å². The van der Waals surface area contributed by atoms with E-state index in [0.717, 1.165) is 0 Å². The molecule has 0 heterocycles. The number of hydrogen-bond donors (Lipinski definition) is 1. The second-order valence-corrected chi connectivity index (χ2v) is 3.45. The van der Waals surface area contributed by atoms with Crippen LogP contribution in [0.3, 0.4) is 0 Å². The molecule has 0 saturated carbocycles. The van der Waals surface area contributed by atoms with E-state index in [0.29, 0.717) is 8.95 Å². The van der Waals surface area contributed by atoms with E-state index in [9.17, 15) is 5.11 Å². The number of phenols is 1. The van der Waals surface area contributed by atoms with Crippen LogP contribution in [0.15, 0.2) is 21.1 Å². The van der Waals surface area contributed by atoms with Gasteiger partial charge in [0.2, 0.25) is 0 Å². The van der Waals surface area contributed by atoms with Crippen LogP contribution in [0.25, 0.3) is 0 Å². The van der Waals surface area contributed by atoms with Crippen molar-refractivity contribution in [1.29, 1.82) is 0 Å². The van der Waals surface area contributed by atoms with Crippen LogP contribution in [0.2, 0.25) is 0 Å². The Morgan fingerprint density at radius 1 is 1.20 bits per heavy atom. The molecule has 54 valence electrons. The van der Waals surface area contributed by atoms with E-state index in [1.807, 2.05) is 0 Å². The van der Waals surface area contributed by atoms with E-state index < -0.39 is 0 Å². The van der Waals surface area contributed by atoms with Gasteiger partial charge in [0.25, 0.3) is 0 Å². The van der Waals surface area contributed by atoms with Crippen molar-refractivity contribution in [2.45, 2.75) is 0 Å². The average Bonchev–Trinajstić information content (AvgIpc) is 1.82. The van der Waals surface area contributed by atoms with E-state index in [4.69, 9.17) is 5.11 Å². The summed E-state index contributed by atoms with van der Waals surface area (Å²) in [6.45, 7) is 0. The fraction of sp³-hybridized carbons (Fsp3) is 0. The molecule has 0 aliphatic carbocycles. The number of hydrogen-bond acceptors (Lipinski definition) is 2. The highest BCUT2D eigenvalue weighted by atomic mass is 79.9. The second kappa shape index (κ2) is 2.80. The molecule has 1 N–H and O–H groups in total. The smallest absolute Gasteiger partial charge is 0.117 e. The van der Waals surface area contributed by atoms with Crippen LogP contribution in [0.4, 0.5) is 0 Å². The largest absolute Gasteiger partial charge is 0.871 e. The Morgan fingerprint density at radius 2 is 1.60 bits per heavy atom. The third-order valence-electron chi connectivity index (χ3n) is 0.983. The first-order chi connectivity index (χ1) is 4.61. The van der Waals surface area contributed by atoms with Gasteiger partial charge in [0.05, 0.1) is 0 Å². The molecule has 0 unspecified atom stereocenters. The summed E-state index contributed by atoms with van der Waals surface area (Å²) in [5, 5.41) is 19.8. The maximum Gasteiger partial charge on any atom is 0.117 e. The fourth-order valence-corrected chi connectivity index (χ4v) is 1.71. The van der Waals surface area contributed by atoms with Crippen LogP contribution >= 0.6 is 31.9 Å². The Labute approximate surface area is 74.8 Å². The molecule has 0 aliphatic heterocycles. The minimum atomic E-state index is -0.155. The zero-order valence-corrected chi connectivity index (χ0v) is 7.94. The number of rotatable bonds is 0. The van der Waals surface area contributed by atoms with Crippen LogP contribution in [-0.4, -0.2) is 5.11 Å². The molecule has 10 heavy (non-hydrogen) atoms. The first-order valence-corrected chi connectivity index (χ1v) is 4.05. The topological polar surface area (TPSA) is 43.3 Å². The summed E-state index contributed by atoms with van der Waals surface area (Å²) < 4.78 is 0.721. The molecule has 0 amide bonds. The summed E-state index contributed by atoms with van der Waals surface area (Å²) in [6.07, 6.45) is 0. The molecule has 1 aromatic carbocycles. The van der Waals surface area contributed by atoms with Crippen molar-refractivity contribution in [2.75, 3.05) is 0 Å². The summed E-state index contributed by atoms with van der Waals surface area (Å²) >= 11 is 5.99. The SMILES string of the molecule is [O-]c1c(Br)cc(O)cc1Br. The van der Waals surface area contributed by atoms with Gasteiger partial charge >= 0.3 is 0 Å². The molecule has 0 aliphatic rings. The lowest BCUT2D eigenvalue weighted by Gasteiger charge is -2.10. The van der Waals surface area contributed by atoms with Gasteiger partial charge in [-0.25, -0.2) is 0 Å². The van der Waals surface area contributed by atoms with Gasteiger partial charge in [0, 0.05) is 8.95 Å². The lowest BCUT2D eigenvalue weighted by molar-refractivity contribution is -0.270. The average molecular weight is 267 g/mol. The van der Waals surface area contributed by atoms with Gasteiger partial charge in [-0.2, -0.15) is 0 Å². The second-order valence-electron chi connectivity index (χ2n) is 1.74. The van der Waals surface area contributed by atoms with Gasteiger partial charge in [0.1, 0.15) is 5.75 Å². The van der Waals surface area contributed by atoms with Crippen LogP contribution < -0.4 is 5.11 Å². The maximum absolute atomic E-state index is 10.9. The van der Waals surface area contributed by atoms with E-state index in [2.05, 4.69) is 31.9 Å². The summed E-state index contributed by atoms with van der Waals surface area (Å²) in [6, 6.07) is 2.71. The molecule has 1 aromatic rings. The third-order valence-corrected chi connectivity index (χ3v) is 2.16. The van der Waals surface area contributed by atoms with E-state index in [-0.39, 0.29) is 11.5 Å². The minimum absolute atomic E-state index is 0.0679. The van der Waals surface area contributed by atoms with Crippen molar-refractivity contribution in [3.8, 4) is 11.5 Å². The van der Waals surface area contributed by atoms with Crippen molar-refractivity contribution in [2.24, 2.45) is 0 Å². The van der Waals surface area contributed by atoms with E-state index >= 15 is 0 Å². The summed E-state index contributed by atoms with van der Waals surface area (Å²) in [5.41, 5.74) is 0. The zero-order chi connectivity index (χ0) is 7.72. The van der Waals surface area contributed by atoms with Crippen LogP contribution in [-0.2, 0) is 0 Å². The maximum atomic E-state index is 10.9. The Hall–Kier alpha value is -0.220. The Bertz CT molecular complexity index is 237. The Kier molecular flexibility index (Phi) is 2.21. The van der Waals surface area contributed by atoms with Gasteiger partial charge < -0.3 is 10.2 Å². The predicted molar refractivity (Wildman–Crippen MR) is 43.0 cm³/mol. The molecule has 0 fully saturated rings. The van der Waals surface area contributed by atoms with Crippen LogP contribution in [0.5, 0.6) is 11.5 Å². The lowest BCUT2D eigenvalue weighted by Crippen LogP contribution is -1.91. The summed E-state index contributed by atoms with van der Waals surface area (Å²) in [5.74, 6) is -0.0869. The van der Waals surface area contributed by atoms with Crippen molar-refractivity contribution >= 4 is 31.9 Å². The molecule has 0 saturated heterocycles. The van der Waals surface area contributed by atoms with Gasteiger partial charge in [0.15, 0.2) is 0 Å². The molecule has 4 heteroatoms. The highest BCUT2D eigenvalue weighted by Gasteiger charge is 1.96. The monoisotopic (exact) mass is 265 g/mol. The van der Waals surface area contributed by atoms with Gasteiger partial charge in [-0.1, -0.05) is 37.6 Å². The normalized spacial score (nSPS) is 9.80. The van der Waals surface area contributed by atoms with Crippen molar-refractivity contribution in [3.63, 3.8) is 0 Å². The third kappa shape index (κ3) is 1.44. The standard InChI is InChI=1S/C6H4Br2O2/c7-4-1-3(9)2-5(8)6(4)10/h1-2,9-10H/p-1. The Morgan fingerprint density at radius 3 is 2.00 bits per heavy atom. The predicted octanol–water partition coefficient (Wildman–Crippen LogP) is 1.99. The molecule has 1 rings (SSSR count). The molecule has 0 radical (unpaired) electrons. The molecule has 0 atom stereocenters. The summed E-state index contributed by atoms with van der Waals surface area (Å²) in [4.78, 5) is 0. The number of aromatic hydroxyl groups is 1. The molecule has 0 spiro atoms. The van der Waals surface area contributed by atoms with Gasteiger partial charge in [-0.3, -0.25) is 0 Å². The first-order valence-electron chi connectivity index (χ1n) is 2.46.